The Morgan fingerprint density at radius 2 is 0.375 bits per heavy atom. The van der Waals surface area contributed by atoms with Gasteiger partial charge in [0.1, 0.15) is 0 Å². The molecule has 0 aliphatic heterocycles. The van der Waals surface area contributed by atoms with Gasteiger partial charge in [0.25, 0.3) is 0 Å². The van der Waals surface area contributed by atoms with Gasteiger partial charge in [0, 0.05) is 0 Å². The first-order valence-corrected chi connectivity index (χ1v) is 38.8. The minimum atomic E-state index is -5.10. The predicted octanol–water partition coefficient (Wildman–Crippen LogP) is -4.94. The van der Waals surface area contributed by atoms with Crippen LogP contribution in [-0.4, -0.2) is 108 Å². The molecule has 8 atom stereocenters. The van der Waals surface area contributed by atoms with Crippen LogP contribution in [0, 0.1) is 0 Å². The van der Waals surface area contributed by atoms with Crippen molar-refractivity contribution < 1.29 is 252 Å². The molecule has 0 saturated heterocycles. The molecular weight excluding hydrogens is 1270 g/mol. The first-order valence-electron chi connectivity index (χ1n) is 25.6. The summed E-state index contributed by atoms with van der Waals surface area (Å²) in [5.41, 5.74) is -11.1. The molecular formula is C40H92Na4O28P8. The summed E-state index contributed by atoms with van der Waals surface area (Å²) in [5, 5.41) is 35.8. The van der Waals surface area contributed by atoms with Gasteiger partial charge >= 0.3 is 149 Å². The van der Waals surface area contributed by atoms with Crippen LogP contribution in [0.5, 0.6) is 0 Å². The molecule has 0 aromatic carbocycles. The van der Waals surface area contributed by atoms with Gasteiger partial charge < -0.3 is 116 Å². The predicted molar refractivity (Wildman–Crippen MR) is 278 cm³/mol. The Labute approximate surface area is 563 Å². The van der Waals surface area contributed by atoms with E-state index in [2.05, 4.69) is 45.8 Å². The van der Waals surface area contributed by atoms with E-state index in [-0.39, 0.29) is 145 Å². The van der Waals surface area contributed by atoms with Crippen LogP contribution in [0.25, 0.3) is 0 Å². The van der Waals surface area contributed by atoms with Crippen LogP contribution >= 0.6 is 60.8 Å². The SMILES string of the molecule is CCCCCCCCCOP(=O)([O-])C(O)P(=O)(O)O.CCCCCCCCCOP(=O)([O-])C(O)P(=O)(O)O.CCCCCCCCCOP(=O)([O-])C(O)P(=O)(O)O.CCCCCCCCCOP(=O)([O-])C(O)P(=O)(O)O.[Na+].[Na+].[Na+].[Na+]. The van der Waals surface area contributed by atoms with Crippen molar-refractivity contribution >= 4 is 60.8 Å². The smallest absolute Gasteiger partial charge is 0.776 e. The molecule has 12 N–H and O–H groups in total. The Kier molecular flexibility index (Phi) is 71.8. The number of hydrogen-bond donors (Lipinski definition) is 12. The van der Waals surface area contributed by atoms with Gasteiger partial charge in [0.2, 0.25) is 22.3 Å². The van der Waals surface area contributed by atoms with E-state index >= 15 is 0 Å². The van der Waals surface area contributed by atoms with Gasteiger partial charge in [-0.2, -0.15) is 0 Å². The quantitative estimate of drug-likeness (QED) is 0.0154. The van der Waals surface area contributed by atoms with E-state index < -0.39 is 83.1 Å². The van der Waals surface area contributed by atoms with E-state index in [9.17, 15) is 56.1 Å². The second-order valence-corrected chi connectivity index (χ2v) is 33.3. The average Bonchev–Trinajstić information content (AvgIpc) is 3.30. The Morgan fingerprint density at radius 3 is 0.487 bits per heavy atom. The van der Waals surface area contributed by atoms with Gasteiger partial charge in [-0.05, 0) is 25.7 Å². The summed E-state index contributed by atoms with van der Waals surface area (Å²) in [5.74, 6) is 0. The van der Waals surface area contributed by atoms with Gasteiger partial charge in [0.05, 0.1) is 26.4 Å². The molecule has 0 amide bonds. The molecule has 28 nitrogen and oxygen atoms in total. The molecule has 80 heavy (non-hydrogen) atoms. The van der Waals surface area contributed by atoms with Crippen LogP contribution in [0.2, 0.25) is 0 Å². The Bertz CT molecular complexity index is 1590. The first kappa shape index (κ1) is 101. The molecule has 0 aliphatic rings. The summed E-state index contributed by atoms with van der Waals surface area (Å²) in [7, 11) is -40.1. The zero-order valence-electron chi connectivity index (χ0n) is 48.4. The summed E-state index contributed by atoms with van der Waals surface area (Å²) in [6.45, 7) is 7.82. The Balaban J connectivity index is -0.000000142. The number of unbranched alkanes of at least 4 members (excludes halogenated alkanes) is 24. The van der Waals surface area contributed by atoms with Crippen LogP contribution in [0.3, 0.4) is 0 Å². The minimum absolute atomic E-state index is 0. The molecule has 0 aromatic heterocycles. The maximum absolute atomic E-state index is 11.2. The van der Waals surface area contributed by atoms with Gasteiger partial charge in [0.15, 0.2) is 30.4 Å². The van der Waals surface area contributed by atoms with E-state index in [0.717, 1.165) is 128 Å². The Hall–Kier alpha value is 5.04. The normalized spacial score (nSPS) is 16.2. The van der Waals surface area contributed by atoms with Crippen molar-refractivity contribution in [3.05, 3.63) is 0 Å². The van der Waals surface area contributed by atoms with Crippen molar-refractivity contribution in [3.8, 4) is 0 Å². The first-order chi connectivity index (χ1) is 34.9. The van der Waals surface area contributed by atoms with E-state index in [1.54, 1.807) is 0 Å². The fraction of sp³-hybridized carbons (Fsp3) is 1.00. The topological polar surface area (TPSA) is 508 Å². The largest absolute Gasteiger partial charge is 1.00 e. The van der Waals surface area contributed by atoms with Crippen molar-refractivity contribution in [2.75, 3.05) is 26.4 Å². The average molecular weight is 1360 g/mol. The Morgan fingerprint density at radius 1 is 0.263 bits per heavy atom. The van der Waals surface area contributed by atoms with Crippen LogP contribution in [0.4, 0.5) is 0 Å². The number of aliphatic hydroxyl groups excluding tert-OH is 4. The van der Waals surface area contributed by atoms with Crippen LogP contribution in [0.1, 0.15) is 207 Å². The van der Waals surface area contributed by atoms with Crippen molar-refractivity contribution in [2.45, 2.75) is 230 Å². The van der Waals surface area contributed by atoms with Gasteiger partial charge in [-0.25, -0.2) is 0 Å². The van der Waals surface area contributed by atoms with Crippen molar-refractivity contribution in [1.82, 2.24) is 0 Å². The van der Waals surface area contributed by atoms with E-state index in [1.807, 2.05) is 0 Å². The molecule has 0 bridgehead atoms. The molecule has 0 aromatic rings. The van der Waals surface area contributed by atoms with Crippen molar-refractivity contribution in [3.63, 3.8) is 0 Å². The molecule has 8 unspecified atom stereocenters. The monoisotopic (exact) mass is 1360 g/mol. The number of aliphatic hydroxyl groups is 4. The third-order valence-electron chi connectivity index (χ3n) is 10.4. The molecule has 0 spiro atoms. The maximum atomic E-state index is 11.2. The molecule has 0 radical (unpaired) electrons. The third kappa shape index (κ3) is 59.4. The minimum Gasteiger partial charge on any atom is -0.776 e. The summed E-state index contributed by atoms with van der Waals surface area (Å²) in [6, 6.07) is 0. The fourth-order valence-electron chi connectivity index (χ4n) is 6.01. The molecule has 0 saturated carbocycles. The molecule has 0 rings (SSSR count). The van der Waals surface area contributed by atoms with E-state index in [4.69, 9.17) is 59.6 Å². The molecule has 0 fully saturated rings. The van der Waals surface area contributed by atoms with E-state index in [0.29, 0.717) is 25.7 Å². The second kappa shape index (κ2) is 56.8. The second-order valence-electron chi connectivity index (χ2n) is 17.7. The molecule has 0 aliphatic carbocycles. The number of hydrogen-bond acceptors (Lipinski definition) is 20. The van der Waals surface area contributed by atoms with Crippen LogP contribution < -0.4 is 138 Å². The van der Waals surface area contributed by atoms with Gasteiger partial charge in [-0.3, -0.25) is 18.3 Å². The fourth-order valence-corrected chi connectivity index (χ4v) is 14.8. The van der Waals surface area contributed by atoms with E-state index in [1.165, 1.54) is 25.7 Å². The van der Waals surface area contributed by atoms with Crippen LogP contribution in [0.15, 0.2) is 0 Å². The zero-order chi connectivity index (χ0) is 59.8. The van der Waals surface area contributed by atoms with Crippen LogP contribution in [-0.2, 0) is 54.6 Å². The third-order valence-corrected chi connectivity index (χ3v) is 24.3. The summed E-state index contributed by atoms with van der Waals surface area (Å²) in [6.07, 6.45) is 27.2. The maximum Gasteiger partial charge on any atom is 1.00 e. The molecule has 464 valence electrons. The summed E-state index contributed by atoms with van der Waals surface area (Å²) >= 11 is 0. The molecule has 0 heterocycles. The van der Waals surface area contributed by atoms with Crippen molar-refractivity contribution in [1.29, 1.82) is 0 Å². The molecule has 40 heteroatoms. The summed E-state index contributed by atoms with van der Waals surface area (Å²) < 4.78 is 105. The zero-order valence-corrected chi connectivity index (χ0v) is 63.6. The standard InChI is InChI=1S/4C10H24O7P2.4Na/c4*1-2-3-4-5-6-7-8-9-17-19(15,16)10(11)18(12,13)14;;;;/h4*10-11H,2-9H2,1H3,(H,15,16)(H2,12,13,14);;;;/q;;;;4*+1/p-4. The van der Waals surface area contributed by atoms with Crippen molar-refractivity contribution in [2.24, 2.45) is 0 Å². The summed E-state index contributed by atoms with van der Waals surface area (Å²) in [4.78, 5) is 113. The van der Waals surface area contributed by atoms with Gasteiger partial charge in [-0.1, -0.05) is 182 Å². The van der Waals surface area contributed by atoms with Gasteiger partial charge in [-0.15, -0.1) is 0 Å². The number of rotatable bonds is 44.